The largest absolute Gasteiger partial charge is 0.468 e. The van der Waals surface area contributed by atoms with Crippen LogP contribution in [0.1, 0.15) is 26.5 Å². The van der Waals surface area contributed by atoms with Gasteiger partial charge in [-0.25, -0.2) is 13.1 Å². The van der Waals surface area contributed by atoms with E-state index in [1.165, 1.54) is 6.26 Å². The zero-order valence-corrected chi connectivity index (χ0v) is 9.39. The van der Waals surface area contributed by atoms with Crippen LogP contribution in [0, 0.1) is 0 Å². The number of furan rings is 1. The van der Waals surface area contributed by atoms with Gasteiger partial charge >= 0.3 is 0 Å². The molecule has 1 N–H and O–H groups in total. The standard InChI is InChI=1S/C9H15NO3S/c1-9(2,3)14(11,12)10-7-8-5-4-6-13-8/h4-6,10H,7H2,1-3H3. The van der Waals surface area contributed by atoms with Crippen molar-refractivity contribution < 1.29 is 12.8 Å². The van der Waals surface area contributed by atoms with E-state index in [1.807, 2.05) is 0 Å². The van der Waals surface area contributed by atoms with E-state index in [0.29, 0.717) is 5.76 Å². The topological polar surface area (TPSA) is 59.3 Å². The van der Waals surface area contributed by atoms with Crippen molar-refractivity contribution in [1.29, 1.82) is 0 Å². The fraction of sp³-hybridized carbons (Fsp3) is 0.556. The zero-order valence-electron chi connectivity index (χ0n) is 8.57. The van der Waals surface area contributed by atoms with Crippen molar-refractivity contribution in [1.82, 2.24) is 4.72 Å². The zero-order chi connectivity index (χ0) is 10.8. The molecule has 0 spiro atoms. The molecular formula is C9H15NO3S. The second-order valence-corrected chi connectivity index (χ2v) is 6.54. The molecular weight excluding hydrogens is 202 g/mol. The van der Waals surface area contributed by atoms with E-state index in [1.54, 1.807) is 32.9 Å². The summed E-state index contributed by atoms with van der Waals surface area (Å²) in [6, 6.07) is 3.45. The van der Waals surface area contributed by atoms with Crippen LogP contribution >= 0.6 is 0 Å². The third-order valence-corrected chi connectivity index (χ3v) is 3.96. The Morgan fingerprint density at radius 2 is 2.07 bits per heavy atom. The lowest BCUT2D eigenvalue weighted by atomic mass is 10.3. The summed E-state index contributed by atoms with van der Waals surface area (Å²) in [5.41, 5.74) is 0. The number of hydrogen-bond acceptors (Lipinski definition) is 3. The maximum absolute atomic E-state index is 11.6. The molecule has 0 unspecified atom stereocenters. The van der Waals surface area contributed by atoms with Gasteiger partial charge in [-0.15, -0.1) is 0 Å². The second-order valence-electron chi connectivity index (χ2n) is 4.02. The highest BCUT2D eigenvalue weighted by Gasteiger charge is 2.28. The quantitative estimate of drug-likeness (QED) is 0.834. The van der Waals surface area contributed by atoms with E-state index in [9.17, 15) is 8.42 Å². The molecule has 14 heavy (non-hydrogen) atoms. The van der Waals surface area contributed by atoms with Crippen molar-refractivity contribution in [2.24, 2.45) is 0 Å². The molecule has 0 bridgehead atoms. The summed E-state index contributed by atoms with van der Waals surface area (Å²) in [6.07, 6.45) is 1.51. The van der Waals surface area contributed by atoms with Crippen molar-refractivity contribution in [2.75, 3.05) is 0 Å². The fourth-order valence-corrected chi connectivity index (χ4v) is 1.56. The molecule has 0 aliphatic rings. The number of nitrogens with one attached hydrogen (secondary N) is 1. The summed E-state index contributed by atoms with van der Waals surface area (Å²) >= 11 is 0. The van der Waals surface area contributed by atoms with E-state index in [4.69, 9.17) is 4.42 Å². The Labute approximate surface area is 84.4 Å². The molecule has 0 aliphatic carbocycles. The average Bonchev–Trinajstić information content (AvgIpc) is 2.50. The Balaban J connectivity index is 2.63. The molecule has 0 atom stereocenters. The molecule has 1 aromatic heterocycles. The summed E-state index contributed by atoms with van der Waals surface area (Å²) in [5, 5.41) is 0. The maximum Gasteiger partial charge on any atom is 0.216 e. The first-order valence-electron chi connectivity index (χ1n) is 4.34. The first-order chi connectivity index (χ1) is 6.33. The van der Waals surface area contributed by atoms with Gasteiger partial charge in [-0.1, -0.05) is 0 Å². The predicted molar refractivity (Wildman–Crippen MR) is 54.2 cm³/mol. The van der Waals surface area contributed by atoms with Gasteiger partial charge < -0.3 is 4.42 Å². The van der Waals surface area contributed by atoms with Crippen molar-refractivity contribution in [3.05, 3.63) is 24.2 Å². The molecule has 4 nitrogen and oxygen atoms in total. The van der Waals surface area contributed by atoms with Crippen LogP contribution in [-0.2, 0) is 16.6 Å². The Hall–Kier alpha value is -0.810. The van der Waals surface area contributed by atoms with Crippen LogP contribution in [0.15, 0.2) is 22.8 Å². The van der Waals surface area contributed by atoms with Crippen molar-refractivity contribution in [3.63, 3.8) is 0 Å². The maximum atomic E-state index is 11.6. The van der Waals surface area contributed by atoms with E-state index in [2.05, 4.69) is 4.72 Å². The molecule has 0 aliphatic heterocycles. The monoisotopic (exact) mass is 217 g/mol. The van der Waals surface area contributed by atoms with E-state index in [0.717, 1.165) is 0 Å². The summed E-state index contributed by atoms with van der Waals surface area (Å²) in [4.78, 5) is 0. The molecule has 0 aromatic carbocycles. The van der Waals surface area contributed by atoms with Gasteiger partial charge in [-0.05, 0) is 32.9 Å². The van der Waals surface area contributed by atoms with Gasteiger partial charge in [0.15, 0.2) is 0 Å². The van der Waals surface area contributed by atoms with Gasteiger partial charge in [-0.2, -0.15) is 0 Å². The first-order valence-corrected chi connectivity index (χ1v) is 5.83. The van der Waals surface area contributed by atoms with E-state index >= 15 is 0 Å². The molecule has 1 aromatic rings. The SMILES string of the molecule is CC(C)(C)S(=O)(=O)NCc1ccco1. The van der Waals surface area contributed by atoms with Crippen LogP contribution < -0.4 is 4.72 Å². The van der Waals surface area contributed by atoms with Crippen molar-refractivity contribution in [3.8, 4) is 0 Å². The Morgan fingerprint density at radius 3 is 2.50 bits per heavy atom. The Kier molecular flexibility index (Phi) is 3.01. The normalized spacial score (nSPS) is 13.1. The van der Waals surface area contributed by atoms with Crippen LogP contribution in [0.4, 0.5) is 0 Å². The lowest BCUT2D eigenvalue weighted by Crippen LogP contribution is -2.38. The molecule has 5 heteroatoms. The highest BCUT2D eigenvalue weighted by molar-refractivity contribution is 7.90. The van der Waals surface area contributed by atoms with E-state index < -0.39 is 14.8 Å². The lowest BCUT2D eigenvalue weighted by molar-refractivity contribution is 0.492. The molecule has 1 heterocycles. The second kappa shape index (κ2) is 3.74. The Bertz CT molecular complexity index is 373. The molecule has 0 amide bonds. The van der Waals surface area contributed by atoms with Crippen molar-refractivity contribution >= 4 is 10.0 Å². The predicted octanol–water partition coefficient (Wildman–Crippen LogP) is 1.50. The minimum Gasteiger partial charge on any atom is -0.468 e. The van der Waals surface area contributed by atoms with Gasteiger partial charge in [0, 0.05) is 0 Å². The first kappa shape index (κ1) is 11.3. The highest BCUT2D eigenvalue weighted by atomic mass is 32.2. The van der Waals surface area contributed by atoms with Gasteiger partial charge in [0.2, 0.25) is 10.0 Å². The average molecular weight is 217 g/mol. The third kappa shape index (κ3) is 2.59. The molecule has 0 saturated carbocycles. The molecule has 80 valence electrons. The highest BCUT2D eigenvalue weighted by Crippen LogP contribution is 2.13. The number of hydrogen-bond donors (Lipinski definition) is 1. The molecule has 1 rings (SSSR count). The summed E-state index contributed by atoms with van der Waals surface area (Å²) in [7, 11) is -3.28. The molecule has 0 radical (unpaired) electrons. The summed E-state index contributed by atoms with van der Waals surface area (Å²) in [5.74, 6) is 0.609. The summed E-state index contributed by atoms with van der Waals surface area (Å²) < 4.78 is 29.9. The van der Waals surface area contributed by atoms with Crippen molar-refractivity contribution in [2.45, 2.75) is 32.1 Å². The fourth-order valence-electron chi connectivity index (χ4n) is 0.796. The minimum absolute atomic E-state index is 0.201. The third-order valence-electron chi connectivity index (χ3n) is 1.82. The minimum atomic E-state index is -3.28. The molecule has 0 fully saturated rings. The molecule has 0 saturated heterocycles. The Morgan fingerprint density at radius 1 is 1.43 bits per heavy atom. The summed E-state index contributed by atoms with van der Waals surface area (Å²) in [6.45, 7) is 5.15. The van der Waals surface area contributed by atoms with Crippen LogP contribution in [-0.4, -0.2) is 13.2 Å². The van der Waals surface area contributed by atoms with Gasteiger partial charge in [-0.3, -0.25) is 0 Å². The van der Waals surface area contributed by atoms with Gasteiger partial charge in [0.1, 0.15) is 5.76 Å². The van der Waals surface area contributed by atoms with Crippen LogP contribution in [0.2, 0.25) is 0 Å². The van der Waals surface area contributed by atoms with Crippen LogP contribution in [0.25, 0.3) is 0 Å². The smallest absolute Gasteiger partial charge is 0.216 e. The van der Waals surface area contributed by atoms with Gasteiger partial charge in [0.05, 0.1) is 17.6 Å². The number of rotatable bonds is 3. The van der Waals surface area contributed by atoms with Crippen LogP contribution in [0.5, 0.6) is 0 Å². The lowest BCUT2D eigenvalue weighted by Gasteiger charge is -2.19. The van der Waals surface area contributed by atoms with Gasteiger partial charge in [0.25, 0.3) is 0 Å². The number of sulfonamides is 1. The van der Waals surface area contributed by atoms with E-state index in [-0.39, 0.29) is 6.54 Å². The van der Waals surface area contributed by atoms with Crippen LogP contribution in [0.3, 0.4) is 0 Å².